The summed E-state index contributed by atoms with van der Waals surface area (Å²) >= 11 is 0. The molecule has 2 saturated carbocycles. The van der Waals surface area contributed by atoms with Crippen LogP contribution >= 0.6 is 0 Å². The summed E-state index contributed by atoms with van der Waals surface area (Å²) in [5.41, 5.74) is 7.44. The first-order valence-electron chi connectivity index (χ1n) is 15.1. The highest BCUT2D eigenvalue weighted by molar-refractivity contribution is 5.97. The Hall–Kier alpha value is -2.92. The number of ether oxygens (including phenoxy) is 1. The first-order valence-corrected chi connectivity index (χ1v) is 15.1. The summed E-state index contributed by atoms with van der Waals surface area (Å²) in [4.78, 5) is 16.5. The molecule has 0 radical (unpaired) electrons. The third kappa shape index (κ3) is 4.25. The highest BCUT2D eigenvalue weighted by Gasteiger charge is 2.52. The van der Waals surface area contributed by atoms with E-state index in [1.165, 1.54) is 46.9 Å². The zero-order chi connectivity index (χ0) is 26.6. The molecular weight excluding hydrogens is 482 g/mol. The smallest absolute Gasteiger partial charge is 0.230 e. The first-order chi connectivity index (χ1) is 19.0. The van der Waals surface area contributed by atoms with Crippen molar-refractivity contribution < 1.29 is 9.53 Å². The van der Waals surface area contributed by atoms with E-state index in [0.29, 0.717) is 5.91 Å². The number of aryl methyl sites for hydroxylation is 1. The molecule has 5 heteroatoms. The quantitative estimate of drug-likeness (QED) is 0.352. The average molecular weight is 524 g/mol. The highest BCUT2D eigenvalue weighted by Crippen LogP contribution is 2.54. The van der Waals surface area contributed by atoms with Crippen molar-refractivity contribution in [1.82, 2.24) is 9.78 Å². The summed E-state index contributed by atoms with van der Waals surface area (Å²) < 4.78 is 8.76. The lowest BCUT2D eigenvalue weighted by atomic mass is 9.63. The molecule has 1 aromatic heterocycles. The largest absolute Gasteiger partial charge is 0.370 e. The van der Waals surface area contributed by atoms with E-state index in [4.69, 9.17) is 4.74 Å². The second-order valence-corrected chi connectivity index (χ2v) is 12.8. The van der Waals surface area contributed by atoms with Gasteiger partial charge in [0.25, 0.3) is 0 Å². The molecule has 0 unspecified atom stereocenters. The van der Waals surface area contributed by atoms with Crippen LogP contribution in [0.3, 0.4) is 0 Å². The van der Waals surface area contributed by atoms with E-state index in [1.807, 2.05) is 17.9 Å². The van der Waals surface area contributed by atoms with Gasteiger partial charge in [0.05, 0.1) is 23.9 Å². The normalized spacial score (nSPS) is 26.9. The predicted octanol–water partition coefficient (Wildman–Crippen LogP) is 7.32. The van der Waals surface area contributed by atoms with Gasteiger partial charge in [-0.2, -0.15) is 5.10 Å². The zero-order valence-electron chi connectivity index (χ0n) is 23.5. The summed E-state index contributed by atoms with van der Waals surface area (Å²) in [6.07, 6.45) is 16.3. The topological polar surface area (TPSA) is 47.4 Å². The number of benzene rings is 2. The van der Waals surface area contributed by atoms with Crippen molar-refractivity contribution in [3.63, 3.8) is 0 Å². The summed E-state index contributed by atoms with van der Waals surface area (Å²) in [7, 11) is 1.99. The van der Waals surface area contributed by atoms with Gasteiger partial charge in [-0.3, -0.25) is 9.48 Å². The van der Waals surface area contributed by atoms with Crippen LogP contribution in [0.5, 0.6) is 0 Å². The van der Waals surface area contributed by atoms with E-state index >= 15 is 0 Å². The first kappa shape index (κ1) is 25.1. The standard InChI is InChI=1S/C34H41N3O2/c1-24-8-6-12-29-28(24)11-7-13-31(29)37(32(38)25-9-4-3-5-10-25)22-33-16-18-34(19-17-33,39-23-33)27-14-15-30-26(20-27)21-35-36(30)2/h7-8,11,13-15,20-21,25H,3-6,9-10,12,16-19,22-23H2,1-2H3. The maximum Gasteiger partial charge on any atom is 0.230 e. The summed E-state index contributed by atoms with van der Waals surface area (Å²) in [6.45, 7) is 3.71. The molecule has 0 spiro atoms. The Morgan fingerprint density at radius 2 is 1.92 bits per heavy atom. The molecule has 2 bridgehead atoms. The second-order valence-electron chi connectivity index (χ2n) is 12.8. The van der Waals surface area contributed by atoms with Gasteiger partial charge in [0, 0.05) is 36.0 Å². The molecule has 2 saturated heterocycles. The Labute approximate surface area is 232 Å². The van der Waals surface area contributed by atoms with Gasteiger partial charge in [-0.15, -0.1) is 0 Å². The number of fused-ring (bicyclic) bond motifs is 5. The van der Waals surface area contributed by atoms with Gasteiger partial charge >= 0.3 is 0 Å². The van der Waals surface area contributed by atoms with Crippen LogP contribution in [0.1, 0.15) is 87.8 Å². The molecule has 5 aliphatic rings. The number of carbonyl (C=O) groups is 1. The molecular formula is C34H41N3O2. The number of hydrogen-bond donors (Lipinski definition) is 0. The Kier molecular flexibility index (Phi) is 6.18. The van der Waals surface area contributed by atoms with Crippen LogP contribution in [-0.2, 0) is 28.6 Å². The van der Waals surface area contributed by atoms with Gasteiger partial charge < -0.3 is 9.64 Å². The van der Waals surface area contributed by atoms with Crippen LogP contribution in [0.25, 0.3) is 16.5 Å². The van der Waals surface area contributed by atoms with Crippen molar-refractivity contribution in [2.24, 2.45) is 18.4 Å². The van der Waals surface area contributed by atoms with Gasteiger partial charge in [-0.1, -0.05) is 43.5 Å². The molecule has 4 fully saturated rings. The van der Waals surface area contributed by atoms with Gasteiger partial charge in [-0.25, -0.2) is 0 Å². The van der Waals surface area contributed by atoms with E-state index in [1.54, 1.807) is 0 Å². The van der Waals surface area contributed by atoms with Gasteiger partial charge in [0.1, 0.15) is 0 Å². The van der Waals surface area contributed by atoms with E-state index < -0.39 is 0 Å². The van der Waals surface area contributed by atoms with Crippen LogP contribution in [0.2, 0.25) is 0 Å². The number of anilines is 1. The van der Waals surface area contributed by atoms with Gasteiger partial charge in [0.2, 0.25) is 5.91 Å². The monoisotopic (exact) mass is 523 g/mol. The van der Waals surface area contributed by atoms with Crippen molar-refractivity contribution in [3.05, 3.63) is 65.4 Å². The lowest BCUT2D eigenvalue weighted by Crippen LogP contribution is -2.55. The number of amides is 1. The number of allylic oxidation sites excluding steroid dienone is 2. The van der Waals surface area contributed by atoms with E-state index in [9.17, 15) is 4.79 Å². The molecule has 39 heavy (non-hydrogen) atoms. The minimum Gasteiger partial charge on any atom is -0.370 e. The van der Waals surface area contributed by atoms with E-state index in [2.05, 4.69) is 59.4 Å². The van der Waals surface area contributed by atoms with Crippen molar-refractivity contribution in [2.75, 3.05) is 18.1 Å². The molecule has 3 aliphatic carbocycles. The van der Waals surface area contributed by atoms with Crippen molar-refractivity contribution in [3.8, 4) is 0 Å². The van der Waals surface area contributed by atoms with Crippen LogP contribution in [0.15, 0.2) is 48.7 Å². The van der Waals surface area contributed by atoms with Crippen molar-refractivity contribution in [2.45, 2.75) is 83.2 Å². The molecule has 5 nitrogen and oxygen atoms in total. The maximum absolute atomic E-state index is 14.3. The molecule has 2 aliphatic heterocycles. The molecule has 0 N–H and O–H groups in total. The van der Waals surface area contributed by atoms with Gasteiger partial charge in [-0.05, 0) is 98.8 Å². The molecule has 1 amide bonds. The Morgan fingerprint density at radius 3 is 2.69 bits per heavy atom. The third-order valence-corrected chi connectivity index (χ3v) is 10.5. The summed E-state index contributed by atoms with van der Waals surface area (Å²) in [5, 5.41) is 5.62. The Morgan fingerprint density at radius 1 is 1.10 bits per heavy atom. The maximum atomic E-state index is 14.3. The molecule has 204 valence electrons. The van der Waals surface area contributed by atoms with Crippen LogP contribution < -0.4 is 4.90 Å². The van der Waals surface area contributed by atoms with Crippen LogP contribution in [0.4, 0.5) is 5.69 Å². The third-order valence-electron chi connectivity index (χ3n) is 10.5. The minimum absolute atomic E-state index is 0.0206. The fraction of sp³-hybridized carbons (Fsp3) is 0.529. The molecule has 3 aromatic rings. The van der Waals surface area contributed by atoms with Crippen LogP contribution in [-0.4, -0.2) is 28.8 Å². The molecule has 8 rings (SSSR count). The second kappa shape index (κ2) is 9.62. The number of aromatic nitrogens is 2. The van der Waals surface area contributed by atoms with Crippen LogP contribution in [0, 0.1) is 11.3 Å². The lowest BCUT2D eigenvalue weighted by Gasteiger charge is -2.54. The lowest BCUT2D eigenvalue weighted by molar-refractivity contribution is -0.186. The Bertz CT molecular complexity index is 1420. The van der Waals surface area contributed by atoms with Crippen molar-refractivity contribution >= 4 is 28.1 Å². The van der Waals surface area contributed by atoms with E-state index in [-0.39, 0.29) is 16.9 Å². The number of rotatable bonds is 5. The number of nitrogens with zero attached hydrogens (tertiary/aromatic N) is 3. The molecule has 0 atom stereocenters. The summed E-state index contributed by atoms with van der Waals surface area (Å²) in [5.74, 6) is 0.513. The Balaban J connectivity index is 1.18. The predicted molar refractivity (Wildman–Crippen MR) is 157 cm³/mol. The van der Waals surface area contributed by atoms with Crippen molar-refractivity contribution in [1.29, 1.82) is 0 Å². The highest BCUT2D eigenvalue weighted by atomic mass is 16.5. The number of hydrogen-bond acceptors (Lipinski definition) is 3. The average Bonchev–Trinajstić information content (AvgIpc) is 3.37. The molecule has 2 aromatic carbocycles. The van der Waals surface area contributed by atoms with E-state index in [0.717, 1.165) is 75.7 Å². The fourth-order valence-corrected chi connectivity index (χ4v) is 7.98. The minimum atomic E-state index is -0.211. The summed E-state index contributed by atoms with van der Waals surface area (Å²) in [6, 6.07) is 13.3. The SMILES string of the molecule is CC1=CCCc2c1cccc2N(CC12CCC(c3ccc4c(cnn4C)c3)(CC1)OC2)C(=O)C1CCCCC1. The number of carbonyl (C=O) groups excluding carboxylic acids is 1. The molecule has 3 heterocycles. The fourth-order valence-electron chi connectivity index (χ4n) is 7.98. The van der Waals surface area contributed by atoms with Gasteiger partial charge in [0.15, 0.2) is 0 Å². The zero-order valence-corrected chi connectivity index (χ0v) is 23.5.